The number of tetrazole rings is 1. The van der Waals surface area contributed by atoms with Crippen LogP contribution in [0.2, 0.25) is 5.02 Å². The van der Waals surface area contributed by atoms with Gasteiger partial charge in [0.05, 0.1) is 17.9 Å². The van der Waals surface area contributed by atoms with E-state index in [1.54, 1.807) is 16.8 Å². The van der Waals surface area contributed by atoms with E-state index in [9.17, 15) is 4.79 Å². The van der Waals surface area contributed by atoms with Gasteiger partial charge in [0.1, 0.15) is 5.82 Å². The molecule has 9 heteroatoms. The number of nitrogens with zero attached hydrogens (tertiary/aromatic N) is 6. The first kappa shape index (κ1) is 19.8. The minimum absolute atomic E-state index is 0.110. The van der Waals surface area contributed by atoms with Crippen molar-refractivity contribution in [3.8, 4) is 17.1 Å². The number of benzene rings is 2. The molecule has 0 spiro atoms. The average Bonchev–Trinajstić information content (AvgIpc) is 3.35. The minimum Gasteiger partial charge on any atom is -0.311 e. The smallest absolute Gasteiger partial charge is 0.225 e. The van der Waals surface area contributed by atoms with E-state index in [0.717, 1.165) is 16.9 Å². The number of hydrogen-bond acceptors (Lipinski definition) is 5. The van der Waals surface area contributed by atoms with Crippen LogP contribution in [0.25, 0.3) is 17.1 Å². The molecule has 152 valence electrons. The summed E-state index contributed by atoms with van der Waals surface area (Å²) in [6, 6.07) is 18.8. The van der Waals surface area contributed by atoms with Crippen molar-refractivity contribution in [2.75, 3.05) is 5.32 Å². The van der Waals surface area contributed by atoms with Crippen LogP contribution in [0.1, 0.15) is 18.5 Å². The summed E-state index contributed by atoms with van der Waals surface area (Å²) >= 11 is 6.08. The van der Waals surface area contributed by atoms with Gasteiger partial charge in [-0.25, -0.2) is 4.68 Å². The third kappa shape index (κ3) is 4.72. The first-order valence-corrected chi connectivity index (χ1v) is 9.92. The van der Waals surface area contributed by atoms with Crippen molar-refractivity contribution >= 4 is 23.3 Å². The Hall–Kier alpha value is -3.52. The van der Waals surface area contributed by atoms with Gasteiger partial charge in [-0.15, -0.1) is 10.2 Å². The Morgan fingerprint density at radius 3 is 2.70 bits per heavy atom. The number of carbonyl (C=O) groups is 1. The summed E-state index contributed by atoms with van der Waals surface area (Å²) in [6.45, 7) is 2.37. The zero-order chi connectivity index (χ0) is 20.9. The van der Waals surface area contributed by atoms with Crippen molar-refractivity contribution in [1.29, 1.82) is 0 Å². The molecule has 0 fully saturated rings. The molecule has 2 heterocycles. The highest BCUT2D eigenvalue weighted by molar-refractivity contribution is 6.30. The molecular formula is C21H20ClN7O. The fourth-order valence-corrected chi connectivity index (χ4v) is 3.20. The molecule has 0 atom stereocenters. The van der Waals surface area contributed by atoms with Gasteiger partial charge in [-0.3, -0.25) is 4.79 Å². The maximum absolute atomic E-state index is 12.4. The Kier molecular flexibility index (Phi) is 5.85. The monoisotopic (exact) mass is 421 g/mol. The second kappa shape index (κ2) is 8.87. The van der Waals surface area contributed by atoms with Crippen LogP contribution in [0.5, 0.6) is 0 Å². The Bertz CT molecular complexity index is 1150. The summed E-state index contributed by atoms with van der Waals surface area (Å²) in [4.78, 5) is 14.0. The molecule has 0 unspecified atom stereocenters. The lowest BCUT2D eigenvalue weighted by Gasteiger charge is -2.09. The van der Waals surface area contributed by atoms with Crippen LogP contribution in [-0.4, -0.2) is 35.9 Å². The number of carbonyl (C=O) groups excluding carboxylic acids is 1. The zero-order valence-electron chi connectivity index (χ0n) is 16.4. The number of nitrogens with one attached hydrogen (secondary N) is 1. The number of aromatic nitrogens is 6. The molecule has 2 aromatic heterocycles. The van der Waals surface area contributed by atoms with Gasteiger partial charge >= 0.3 is 0 Å². The van der Waals surface area contributed by atoms with Crippen LogP contribution in [-0.2, 0) is 11.3 Å². The number of aryl methyl sites for hydroxylation is 2. The molecule has 0 aliphatic rings. The molecule has 0 radical (unpaired) electrons. The summed E-state index contributed by atoms with van der Waals surface area (Å²) in [6.07, 6.45) is 0.905. The summed E-state index contributed by atoms with van der Waals surface area (Å²) in [7, 11) is 0. The van der Waals surface area contributed by atoms with E-state index in [4.69, 9.17) is 11.6 Å². The molecule has 1 amide bonds. The molecule has 4 aromatic rings. The molecule has 4 rings (SSSR count). The normalized spacial score (nSPS) is 10.9. The van der Waals surface area contributed by atoms with Crippen molar-refractivity contribution in [3.05, 3.63) is 71.4 Å². The van der Waals surface area contributed by atoms with Crippen molar-refractivity contribution in [2.45, 2.75) is 26.3 Å². The van der Waals surface area contributed by atoms with Gasteiger partial charge in [-0.1, -0.05) is 48.0 Å². The number of amides is 1. The first-order valence-electron chi connectivity index (χ1n) is 9.54. The lowest BCUT2D eigenvalue weighted by molar-refractivity contribution is -0.116. The predicted octanol–water partition coefficient (Wildman–Crippen LogP) is 3.91. The SMILES string of the molecule is Cc1cc(NC(=O)CCCn2nnc(-c3ccccc3)n2)n(-c2cccc(Cl)c2)n1. The van der Waals surface area contributed by atoms with Crippen LogP contribution in [0, 0.1) is 6.92 Å². The van der Waals surface area contributed by atoms with Crippen LogP contribution in [0.4, 0.5) is 5.82 Å². The molecular weight excluding hydrogens is 402 g/mol. The van der Waals surface area contributed by atoms with Gasteiger partial charge in [-0.05, 0) is 36.8 Å². The number of hydrogen-bond donors (Lipinski definition) is 1. The zero-order valence-corrected chi connectivity index (χ0v) is 17.1. The van der Waals surface area contributed by atoms with Crippen molar-refractivity contribution in [2.24, 2.45) is 0 Å². The van der Waals surface area contributed by atoms with Gasteiger partial charge in [0.15, 0.2) is 0 Å². The molecule has 1 N–H and O–H groups in total. The third-order valence-electron chi connectivity index (χ3n) is 4.40. The van der Waals surface area contributed by atoms with Gasteiger partial charge in [-0.2, -0.15) is 9.90 Å². The molecule has 0 saturated heterocycles. The van der Waals surface area contributed by atoms with Gasteiger partial charge in [0.2, 0.25) is 11.7 Å². The number of halogens is 1. The summed E-state index contributed by atoms with van der Waals surface area (Å²) in [5.41, 5.74) is 2.49. The van der Waals surface area contributed by atoms with E-state index in [0.29, 0.717) is 36.1 Å². The standard InChI is InChI=1S/C21H20ClN7O/c1-15-13-19(29(25-15)18-10-5-9-17(22)14-18)23-20(30)11-6-12-28-26-21(24-27-28)16-7-3-2-4-8-16/h2-5,7-10,13-14H,6,11-12H2,1H3,(H,23,30). The lowest BCUT2D eigenvalue weighted by Crippen LogP contribution is -2.16. The maximum Gasteiger partial charge on any atom is 0.225 e. The van der Waals surface area contributed by atoms with Crippen molar-refractivity contribution in [3.63, 3.8) is 0 Å². The second-order valence-corrected chi connectivity index (χ2v) is 7.23. The van der Waals surface area contributed by atoms with Gasteiger partial charge in [0.25, 0.3) is 0 Å². The van der Waals surface area contributed by atoms with E-state index >= 15 is 0 Å². The van der Waals surface area contributed by atoms with Crippen LogP contribution in [0.15, 0.2) is 60.7 Å². The maximum atomic E-state index is 12.4. The topological polar surface area (TPSA) is 90.5 Å². The van der Waals surface area contributed by atoms with E-state index in [1.165, 1.54) is 4.80 Å². The highest BCUT2D eigenvalue weighted by Crippen LogP contribution is 2.20. The molecule has 0 aliphatic carbocycles. The quantitative estimate of drug-likeness (QED) is 0.488. The predicted molar refractivity (Wildman–Crippen MR) is 114 cm³/mol. The highest BCUT2D eigenvalue weighted by atomic mass is 35.5. The summed E-state index contributed by atoms with van der Waals surface area (Å²) in [5.74, 6) is 1.06. The second-order valence-electron chi connectivity index (χ2n) is 6.79. The van der Waals surface area contributed by atoms with E-state index in [1.807, 2.05) is 55.5 Å². The summed E-state index contributed by atoms with van der Waals surface area (Å²) < 4.78 is 1.67. The molecule has 2 aromatic carbocycles. The summed E-state index contributed by atoms with van der Waals surface area (Å²) in [5, 5.41) is 20.5. The van der Waals surface area contributed by atoms with Crippen molar-refractivity contribution in [1.82, 2.24) is 30.0 Å². The third-order valence-corrected chi connectivity index (χ3v) is 4.63. The fraction of sp³-hybridized carbons (Fsp3) is 0.190. The van der Waals surface area contributed by atoms with Gasteiger partial charge in [0, 0.05) is 23.1 Å². The van der Waals surface area contributed by atoms with E-state index in [2.05, 4.69) is 25.8 Å². The molecule has 0 aliphatic heterocycles. The average molecular weight is 422 g/mol. The molecule has 30 heavy (non-hydrogen) atoms. The first-order chi connectivity index (χ1) is 14.6. The minimum atomic E-state index is -0.110. The number of rotatable bonds is 7. The molecule has 0 bridgehead atoms. The molecule has 0 saturated carbocycles. The van der Waals surface area contributed by atoms with Crippen LogP contribution < -0.4 is 5.32 Å². The van der Waals surface area contributed by atoms with E-state index in [-0.39, 0.29) is 5.91 Å². The largest absolute Gasteiger partial charge is 0.311 e. The van der Waals surface area contributed by atoms with Gasteiger partial charge < -0.3 is 5.32 Å². The van der Waals surface area contributed by atoms with Crippen LogP contribution in [0.3, 0.4) is 0 Å². The number of anilines is 1. The fourth-order valence-electron chi connectivity index (χ4n) is 3.02. The van der Waals surface area contributed by atoms with Crippen molar-refractivity contribution < 1.29 is 4.79 Å². The lowest BCUT2D eigenvalue weighted by atomic mass is 10.2. The highest BCUT2D eigenvalue weighted by Gasteiger charge is 2.12. The Morgan fingerprint density at radius 1 is 1.07 bits per heavy atom. The van der Waals surface area contributed by atoms with Crippen LogP contribution >= 0.6 is 11.6 Å². The Morgan fingerprint density at radius 2 is 1.90 bits per heavy atom. The molecule has 8 nitrogen and oxygen atoms in total. The Labute approximate surface area is 178 Å². The van der Waals surface area contributed by atoms with E-state index < -0.39 is 0 Å². The Balaban J connectivity index is 1.34.